The van der Waals surface area contributed by atoms with Crippen LogP contribution in [-0.4, -0.2) is 23.7 Å². The van der Waals surface area contributed by atoms with Crippen molar-refractivity contribution in [3.8, 4) is 0 Å². The lowest BCUT2D eigenvalue weighted by atomic mass is 10.0. The molecular formula is C11H15FN2O. The minimum absolute atomic E-state index is 0.239. The molecule has 0 bridgehead atoms. The lowest BCUT2D eigenvalue weighted by molar-refractivity contribution is 0.0231. The molecule has 4 heteroatoms. The van der Waals surface area contributed by atoms with Gasteiger partial charge in [-0.3, -0.25) is 0 Å². The summed E-state index contributed by atoms with van der Waals surface area (Å²) in [4.78, 5) is 3.97. The fourth-order valence-electron chi connectivity index (χ4n) is 1.81. The summed E-state index contributed by atoms with van der Waals surface area (Å²) in [6.07, 6.45) is 3.63. The maximum atomic E-state index is 13.3. The van der Waals surface area contributed by atoms with Gasteiger partial charge in [0.05, 0.1) is 6.10 Å². The van der Waals surface area contributed by atoms with Crippen LogP contribution in [0.15, 0.2) is 18.3 Å². The summed E-state index contributed by atoms with van der Waals surface area (Å²) in [5, 5.41) is 3.11. The zero-order valence-corrected chi connectivity index (χ0v) is 8.74. The van der Waals surface area contributed by atoms with E-state index in [4.69, 9.17) is 4.74 Å². The van der Waals surface area contributed by atoms with Crippen LogP contribution in [0.25, 0.3) is 0 Å². The van der Waals surface area contributed by atoms with Gasteiger partial charge in [0.25, 0.3) is 0 Å². The van der Waals surface area contributed by atoms with Crippen molar-refractivity contribution in [2.24, 2.45) is 0 Å². The van der Waals surface area contributed by atoms with Gasteiger partial charge in [0, 0.05) is 18.8 Å². The van der Waals surface area contributed by atoms with Crippen molar-refractivity contribution in [2.75, 3.05) is 11.9 Å². The monoisotopic (exact) mass is 210 g/mol. The molecule has 1 aromatic heterocycles. The topological polar surface area (TPSA) is 34.2 Å². The number of halogens is 1. The summed E-state index contributed by atoms with van der Waals surface area (Å²) in [5.41, 5.74) is 0. The molecular weight excluding hydrogens is 195 g/mol. The molecule has 0 radical (unpaired) electrons. The Labute approximate surface area is 88.7 Å². The van der Waals surface area contributed by atoms with Crippen molar-refractivity contribution in [1.82, 2.24) is 4.98 Å². The first-order chi connectivity index (χ1) is 7.25. The Morgan fingerprint density at radius 1 is 1.60 bits per heavy atom. The summed E-state index contributed by atoms with van der Waals surface area (Å²) in [6.45, 7) is 2.76. The van der Waals surface area contributed by atoms with E-state index in [0.717, 1.165) is 19.4 Å². The summed E-state index contributed by atoms with van der Waals surface area (Å²) in [7, 11) is 0. The minimum Gasteiger partial charge on any atom is -0.378 e. The van der Waals surface area contributed by atoms with Crippen LogP contribution in [-0.2, 0) is 4.74 Å². The lowest BCUT2D eigenvalue weighted by Crippen LogP contribution is -2.33. The molecule has 3 nitrogen and oxygen atoms in total. The fourth-order valence-corrected chi connectivity index (χ4v) is 1.81. The molecule has 15 heavy (non-hydrogen) atoms. The zero-order chi connectivity index (χ0) is 10.7. The van der Waals surface area contributed by atoms with Crippen molar-refractivity contribution in [1.29, 1.82) is 0 Å². The predicted octanol–water partition coefficient (Wildman–Crippen LogP) is 2.20. The highest BCUT2D eigenvalue weighted by Crippen LogP contribution is 2.18. The number of nitrogens with zero attached hydrogens (tertiary/aromatic N) is 1. The number of hydrogen-bond acceptors (Lipinski definition) is 3. The molecule has 2 unspecified atom stereocenters. The summed E-state index contributed by atoms with van der Waals surface area (Å²) in [6, 6.07) is 3.27. The van der Waals surface area contributed by atoms with E-state index >= 15 is 0 Å². The molecule has 0 aliphatic carbocycles. The summed E-state index contributed by atoms with van der Waals surface area (Å²) < 4.78 is 18.7. The molecule has 1 aliphatic heterocycles. The number of anilines is 1. The van der Waals surface area contributed by atoms with Gasteiger partial charge in [-0.2, -0.15) is 0 Å². The highest BCUT2D eigenvalue weighted by Gasteiger charge is 2.20. The van der Waals surface area contributed by atoms with Crippen LogP contribution in [0.3, 0.4) is 0 Å². The molecule has 1 N–H and O–H groups in total. The Bertz CT molecular complexity index is 332. The fraction of sp³-hybridized carbons (Fsp3) is 0.545. The number of ether oxygens (including phenoxy) is 1. The third-order valence-electron chi connectivity index (χ3n) is 2.58. The first kappa shape index (κ1) is 10.4. The average Bonchev–Trinajstić information content (AvgIpc) is 2.22. The van der Waals surface area contributed by atoms with E-state index in [1.165, 1.54) is 6.07 Å². The molecule has 2 atom stereocenters. The number of hydrogen-bond donors (Lipinski definition) is 1. The minimum atomic E-state index is -0.295. The molecule has 2 rings (SSSR count). The molecule has 0 aromatic carbocycles. The molecule has 0 saturated carbocycles. The largest absolute Gasteiger partial charge is 0.378 e. The van der Waals surface area contributed by atoms with Gasteiger partial charge in [-0.05, 0) is 31.9 Å². The van der Waals surface area contributed by atoms with Crippen molar-refractivity contribution < 1.29 is 9.13 Å². The molecule has 1 aliphatic rings. The van der Waals surface area contributed by atoms with E-state index < -0.39 is 0 Å². The molecule has 1 saturated heterocycles. The number of aromatic nitrogens is 1. The van der Waals surface area contributed by atoms with Crippen LogP contribution in [0.2, 0.25) is 0 Å². The maximum absolute atomic E-state index is 13.3. The summed E-state index contributed by atoms with van der Waals surface area (Å²) in [5.74, 6) is 0.0493. The van der Waals surface area contributed by atoms with Crippen LogP contribution in [0.1, 0.15) is 19.8 Å². The van der Waals surface area contributed by atoms with E-state index in [0.29, 0.717) is 5.82 Å². The smallest absolute Gasteiger partial charge is 0.165 e. The maximum Gasteiger partial charge on any atom is 0.165 e. The quantitative estimate of drug-likeness (QED) is 0.812. The van der Waals surface area contributed by atoms with Crippen molar-refractivity contribution >= 4 is 5.82 Å². The van der Waals surface area contributed by atoms with Gasteiger partial charge >= 0.3 is 0 Å². The Hall–Kier alpha value is -1.16. The van der Waals surface area contributed by atoms with E-state index in [1.54, 1.807) is 12.3 Å². The van der Waals surface area contributed by atoms with E-state index in [-0.39, 0.29) is 18.0 Å². The Morgan fingerprint density at radius 3 is 3.20 bits per heavy atom. The highest BCUT2D eigenvalue weighted by molar-refractivity contribution is 5.36. The van der Waals surface area contributed by atoms with Crippen LogP contribution in [0.5, 0.6) is 0 Å². The Balaban J connectivity index is 1.99. The normalized spacial score (nSPS) is 26.3. The van der Waals surface area contributed by atoms with Crippen molar-refractivity contribution in [3.05, 3.63) is 24.1 Å². The average molecular weight is 210 g/mol. The number of rotatable bonds is 2. The Kier molecular flexibility index (Phi) is 3.16. The standard InChI is InChI=1S/C11H15FN2O/c1-8-7-9(4-6-15-8)14-11-10(12)3-2-5-13-11/h2-3,5,8-9H,4,6-7H2,1H3,(H,13,14). The third kappa shape index (κ3) is 2.65. The number of nitrogens with one attached hydrogen (secondary N) is 1. The molecule has 82 valence electrons. The summed E-state index contributed by atoms with van der Waals surface area (Å²) >= 11 is 0. The van der Waals surface area contributed by atoms with Crippen molar-refractivity contribution in [3.63, 3.8) is 0 Å². The first-order valence-corrected chi connectivity index (χ1v) is 5.24. The second-order valence-electron chi connectivity index (χ2n) is 3.88. The van der Waals surface area contributed by atoms with Crippen LogP contribution in [0.4, 0.5) is 10.2 Å². The van der Waals surface area contributed by atoms with Crippen LogP contribution in [0, 0.1) is 5.82 Å². The SMILES string of the molecule is CC1CC(Nc2ncccc2F)CCO1. The zero-order valence-electron chi connectivity index (χ0n) is 8.74. The first-order valence-electron chi connectivity index (χ1n) is 5.24. The van der Waals surface area contributed by atoms with Crippen LogP contribution < -0.4 is 5.32 Å². The van der Waals surface area contributed by atoms with Crippen LogP contribution >= 0.6 is 0 Å². The van der Waals surface area contributed by atoms with Gasteiger partial charge in [0.2, 0.25) is 0 Å². The second-order valence-corrected chi connectivity index (χ2v) is 3.88. The molecule has 2 heterocycles. The lowest BCUT2D eigenvalue weighted by Gasteiger charge is -2.28. The molecule has 1 fully saturated rings. The van der Waals surface area contributed by atoms with Gasteiger partial charge in [0.15, 0.2) is 11.6 Å². The van der Waals surface area contributed by atoms with E-state index in [2.05, 4.69) is 10.3 Å². The molecule has 0 spiro atoms. The van der Waals surface area contributed by atoms with E-state index in [9.17, 15) is 4.39 Å². The Morgan fingerprint density at radius 2 is 2.47 bits per heavy atom. The second kappa shape index (κ2) is 4.57. The molecule has 0 amide bonds. The van der Waals surface area contributed by atoms with Gasteiger partial charge < -0.3 is 10.1 Å². The van der Waals surface area contributed by atoms with E-state index in [1.807, 2.05) is 6.92 Å². The molecule has 1 aromatic rings. The van der Waals surface area contributed by atoms with Gasteiger partial charge in [-0.25, -0.2) is 9.37 Å². The van der Waals surface area contributed by atoms with Gasteiger partial charge in [-0.15, -0.1) is 0 Å². The van der Waals surface area contributed by atoms with Crippen molar-refractivity contribution in [2.45, 2.75) is 31.9 Å². The van der Waals surface area contributed by atoms with Gasteiger partial charge in [-0.1, -0.05) is 0 Å². The highest BCUT2D eigenvalue weighted by atomic mass is 19.1. The predicted molar refractivity (Wildman–Crippen MR) is 56.3 cm³/mol. The number of pyridine rings is 1. The third-order valence-corrected chi connectivity index (χ3v) is 2.58. The van der Waals surface area contributed by atoms with Gasteiger partial charge in [0.1, 0.15) is 0 Å².